The smallest absolute Gasteiger partial charge is 0.306 e. The highest BCUT2D eigenvalue weighted by molar-refractivity contribution is 5.76. The van der Waals surface area contributed by atoms with E-state index in [-0.39, 0.29) is 36.4 Å². The van der Waals surface area contributed by atoms with E-state index >= 15 is 0 Å². The summed E-state index contributed by atoms with van der Waals surface area (Å²) in [5.74, 6) is -0.0951. The molecule has 7 nitrogen and oxygen atoms in total. The fraction of sp³-hybridized carbons (Fsp3) is 0.412. The van der Waals surface area contributed by atoms with E-state index in [2.05, 4.69) is 10.4 Å². The van der Waals surface area contributed by atoms with Gasteiger partial charge in [0.2, 0.25) is 5.91 Å². The molecule has 1 saturated carbocycles. The summed E-state index contributed by atoms with van der Waals surface area (Å²) >= 11 is 0. The van der Waals surface area contributed by atoms with Crippen molar-refractivity contribution in [1.29, 1.82) is 0 Å². The second-order valence-corrected chi connectivity index (χ2v) is 6.26. The maximum Gasteiger partial charge on any atom is 0.306 e. The number of hydrogen-bond acceptors (Lipinski definition) is 4. The van der Waals surface area contributed by atoms with Crippen LogP contribution in [0, 0.1) is 21.8 Å². The molecular formula is C17H19FN4O3. The number of nitrogens with one attached hydrogen (secondary N) is 1. The number of halogens is 1. The average molecular weight is 346 g/mol. The number of aryl methyl sites for hydroxylation is 1. The third-order valence-corrected chi connectivity index (χ3v) is 4.57. The lowest BCUT2D eigenvalue weighted by molar-refractivity contribution is -0.385. The molecule has 1 aliphatic rings. The van der Waals surface area contributed by atoms with E-state index in [0.717, 1.165) is 31.0 Å². The third kappa shape index (κ3) is 4.20. The van der Waals surface area contributed by atoms with Crippen molar-refractivity contribution >= 4 is 11.6 Å². The predicted octanol–water partition coefficient (Wildman–Crippen LogP) is 2.98. The van der Waals surface area contributed by atoms with Crippen LogP contribution >= 0.6 is 0 Å². The van der Waals surface area contributed by atoms with Gasteiger partial charge < -0.3 is 5.32 Å². The number of carbonyl (C=O) groups is 1. The van der Waals surface area contributed by atoms with Crippen LogP contribution < -0.4 is 5.32 Å². The van der Waals surface area contributed by atoms with Crippen LogP contribution in [-0.4, -0.2) is 20.6 Å². The number of benzene rings is 1. The summed E-state index contributed by atoms with van der Waals surface area (Å²) in [6, 6.07) is 6.07. The van der Waals surface area contributed by atoms with Gasteiger partial charge in [0.15, 0.2) is 0 Å². The van der Waals surface area contributed by atoms with Crippen molar-refractivity contribution in [2.75, 3.05) is 0 Å². The fourth-order valence-corrected chi connectivity index (χ4v) is 2.95. The zero-order valence-electron chi connectivity index (χ0n) is 13.6. The number of carbonyl (C=O) groups excluding carboxylic acids is 1. The molecule has 1 N–H and O–H groups in total. The Bertz CT molecular complexity index is 756. The van der Waals surface area contributed by atoms with Gasteiger partial charge in [-0.25, -0.2) is 4.39 Å². The second-order valence-electron chi connectivity index (χ2n) is 6.26. The lowest BCUT2D eigenvalue weighted by Crippen LogP contribution is -2.36. The van der Waals surface area contributed by atoms with E-state index in [1.807, 2.05) is 0 Å². The summed E-state index contributed by atoms with van der Waals surface area (Å²) < 4.78 is 14.5. The monoisotopic (exact) mass is 346 g/mol. The molecule has 2 aromatic rings. The first-order valence-electron chi connectivity index (χ1n) is 8.24. The normalized spacial score (nSPS) is 15.4. The van der Waals surface area contributed by atoms with E-state index in [1.165, 1.54) is 23.0 Å². The van der Waals surface area contributed by atoms with E-state index < -0.39 is 4.92 Å². The lowest BCUT2D eigenvalue weighted by Gasteiger charge is -2.34. The van der Waals surface area contributed by atoms with E-state index in [9.17, 15) is 19.3 Å². The van der Waals surface area contributed by atoms with Crippen LogP contribution in [0.15, 0.2) is 36.7 Å². The lowest BCUT2D eigenvalue weighted by atomic mass is 9.77. The summed E-state index contributed by atoms with van der Waals surface area (Å²) in [5, 5.41) is 17.5. The van der Waals surface area contributed by atoms with Crippen molar-refractivity contribution in [3.05, 3.63) is 58.2 Å². The molecule has 0 radical (unpaired) electrons. The van der Waals surface area contributed by atoms with Crippen molar-refractivity contribution in [1.82, 2.24) is 15.1 Å². The highest BCUT2D eigenvalue weighted by Gasteiger charge is 2.29. The molecule has 1 atom stereocenters. The molecule has 25 heavy (non-hydrogen) atoms. The number of nitro groups is 1. The Hall–Kier alpha value is -2.77. The standard InChI is InChI=1S/C17H19FN4O3/c18-14-6-4-13(5-7-14)17(12-2-1-3-12)20-16(23)8-9-21-11-15(10-19-21)22(24)25/h4-7,10-12,17H,1-3,8-9H2,(H,20,23)/t17-/m0/s1. The van der Waals surface area contributed by atoms with Gasteiger partial charge in [-0.3, -0.25) is 19.6 Å². The molecule has 8 heteroatoms. The van der Waals surface area contributed by atoms with Gasteiger partial charge in [-0.2, -0.15) is 5.10 Å². The third-order valence-electron chi connectivity index (χ3n) is 4.57. The summed E-state index contributed by atoms with van der Waals surface area (Å²) in [4.78, 5) is 22.4. The molecule has 1 aromatic heterocycles. The first-order valence-corrected chi connectivity index (χ1v) is 8.24. The Morgan fingerprint density at radius 3 is 2.68 bits per heavy atom. The maximum absolute atomic E-state index is 13.1. The summed E-state index contributed by atoms with van der Waals surface area (Å²) in [6.07, 6.45) is 5.84. The van der Waals surface area contributed by atoms with Gasteiger partial charge in [0.25, 0.3) is 0 Å². The average Bonchev–Trinajstić information content (AvgIpc) is 3.01. The van der Waals surface area contributed by atoms with E-state index in [4.69, 9.17) is 0 Å². The minimum Gasteiger partial charge on any atom is -0.349 e. The topological polar surface area (TPSA) is 90.1 Å². The minimum absolute atomic E-state index is 0.0981. The molecule has 0 saturated heterocycles. The van der Waals surface area contributed by atoms with Gasteiger partial charge in [0, 0.05) is 13.0 Å². The molecule has 0 aliphatic heterocycles. The van der Waals surface area contributed by atoms with Crippen molar-refractivity contribution in [3.8, 4) is 0 Å². The number of amides is 1. The Morgan fingerprint density at radius 1 is 1.40 bits per heavy atom. The fourth-order valence-electron chi connectivity index (χ4n) is 2.95. The zero-order valence-corrected chi connectivity index (χ0v) is 13.6. The molecule has 1 amide bonds. The van der Waals surface area contributed by atoms with Crippen LogP contribution in [0.25, 0.3) is 0 Å². The number of hydrogen-bond donors (Lipinski definition) is 1. The highest BCUT2D eigenvalue weighted by Crippen LogP contribution is 2.37. The largest absolute Gasteiger partial charge is 0.349 e. The van der Waals surface area contributed by atoms with Crippen LogP contribution in [0.1, 0.15) is 37.3 Å². The van der Waals surface area contributed by atoms with Gasteiger partial charge in [-0.05, 0) is 36.5 Å². The highest BCUT2D eigenvalue weighted by atomic mass is 19.1. The maximum atomic E-state index is 13.1. The van der Waals surface area contributed by atoms with Crippen molar-refractivity contribution in [2.24, 2.45) is 5.92 Å². The molecule has 0 spiro atoms. The van der Waals surface area contributed by atoms with Crippen molar-refractivity contribution < 1.29 is 14.1 Å². The molecule has 0 bridgehead atoms. The van der Waals surface area contributed by atoms with Crippen LogP contribution in [0.3, 0.4) is 0 Å². The van der Waals surface area contributed by atoms with Crippen LogP contribution in [0.5, 0.6) is 0 Å². The van der Waals surface area contributed by atoms with Crippen LogP contribution in [-0.2, 0) is 11.3 Å². The quantitative estimate of drug-likeness (QED) is 0.616. The molecule has 1 heterocycles. The molecule has 1 aromatic carbocycles. The number of rotatable bonds is 7. The first-order chi connectivity index (χ1) is 12.0. The summed E-state index contributed by atoms with van der Waals surface area (Å²) in [6.45, 7) is 0.264. The van der Waals surface area contributed by atoms with Crippen LogP contribution in [0.2, 0.25) is 0 Å². The van der Waals surface area contributed by atoms with Gasteiger partial charge in [-0.15, -0.1) is 0 Å². The molecule has 0 unspecified atom stereocenters. The SMILES string of the molecule is O=C(CCn1cc([N+](=O)[O-])cn1)N[C@H](c1ccc(F)cc1)C1CCC1. The molecular weight excluding hydrogens is 327 g/mol. The molecule has 132 valence electrons. The zero-order chi connectivity index (χ0) is 17.8. The van der Waals surface area contributed by atoms with Gasteiger partial charge >= 0.3 is 5.69 Å². The van der Waals surface area contributed by atoms with Crippen LogP contribution in [0.4, 0.5) is 10.1 Å². The second kappa shape index (κ2) is 7.42. The van der Waals surface area contributed by atoms with Crippen molar-refractivity contribution in [3.63, 3.8) is 0 Å². The Morgan fingerprint density at radius 2 is 2.12 bits per heavy atom. The van der Waals surface area contributed by atoms with Gasteiger partial charge in [-0.1, -0.05) is 18.6 Å². The number of nitrogens with zero attached hydrogens (tertiary/aromatic N) is 3. The molecule has 1 fully saturated rings. The Labute approximate surface area is 144 Å². The van der Waals surface area contributed by atoms with Gasteiger partial charge in [0.05, 0.1) is 11.0 Å². The Kier molecular flexibility index (Phi) is 5.06. The predicted molar refractivity (Wildman–Crippen MR) is 88.1 cm³/mol. The summed E-state index contributed by atoms with van der Waals surface area (Å²) in [7, 11) is 0. The van der Waals surface area contributed by atoms with E-state index in [1.54, 1.807) is 12.1 Å². The van der Waals surface area contributed by atoms with Crippen molar-refractivity contribution in [2.45, 2.75) is 38.3 Å². The van der Waals surface area contributed by atoms with E-state index in [0.29, 0.717) is 5.92 Å². The van der Waals surface area contributed by atoms with Gasteiger partial charge in [0.1, 0.15) is 18.2 Å². The Balaban J connectivity index is 1.60. The molecule has 3 rings (SSSR count). The first kappa shape index (κ1) is 17.1. The minimum atomic E-state index is -0.523. The number of aromatic nitrogens is 2. The molecule has 1 aliphatic carbocycles. The summed E-state index contributed by atoms with van der Waals surface area (Å²) in [5.41, 5.74) is 0.799.